The highest BCUT2D eigenvalue weighted by Crippen LogP contribution is 2.23. The van der Waals surface area contributed by atoms with Crippen LogP contribution in [0.25, 0.3) is 17.4 Å². The van der Waals surface area contributed by atoms with Gasteiger partial charge in [-0.25, -0.2) is 4.39 Å². The first kappa shape index (κ1) is 15.5. The summed E-state index contributed by atoms with van der Waals surface area (Å²) < 4.78 is 18.7. The smallest absolute Gasteiger partial charge is 0.134 e. The van der Waals surface area contributed by atoms with E-state index in [4.69, 9.17) is 4.42 Å². The molecule has 2 aromatic rings. The third-order valence-electron chi connectivity index (χ3n) is 3.10. The molecule has 21 heavy (non-hydrogen) atoms. The van der Waals surface area contributed by atoms with Crippen LogP contribution >= 0.6 is 0 Å². The molecule has 0 aliphatic rings. The second kappa shape index (κ2) is 7.23. The molecule has 2 rings (SSSR count). The summed E-state index contributed by atoms with van der Waals surface area (Å²) in [6.07, 6.45) is 2.03. The van der Waals surface area contributed by atoms with E-state index in [0.717, 1.165) is 30.2 Å². The number of hydrogen-bond acceptors (Lipinski definition) is 2. The van der Waals surface area contributed by atoms with Crippen LogP contribution in [0.3, 0.4) is 0 Å². The molecule has 0 radical (unpaired) electrons. The summed E-state index contributed by atoms with van der Waals surface area (Å²) >= 11 is 0. The molecule has 0 saturated heterocycles. The molecule has 0 saturated carbocycles. The number of hydrogen-bond donors (Lipinski definition) is 1. The molecule has 0 aliphatic heterocycles. The van der Waals surface area contributed by atoms with Crippen molar-refractivity contribution in [3.8, 4) is 11.3 Å². The number of benzene rings is 1. The SMILES string of the molecule is CC(=Cc1ccc(-c2ccc(F)cc2)o1)CNCC(C)C. The molecule has 0 unspecified atom stereocenters. The Kier molecular flexibility index (Phi) is 5.34. The van der Waals surface area contributed by atoms with Crippen LogP contribution < -0.4 is 5.32 Å². The second-order valence-electron chi connectivity index (χ2n) is 5.72. The Hall–Kier alpha value is -1.87. The van der Waals surface area contributed by atoms with Crippen LogP contribution in [0, 0.1) is 11.7 Å². The first-order valence-corrected chi connectivity index (χ1v) is 7.28. The second-order valence-corrected chi connectivity index (χ2v) is 5.72. The van der Waals surface area contributed by atoms with Gasteiger partial charge in [0.15, 0.2) is 0 Å². The average Bonchev–Trinajstić information content (AvgIpc) is 2.87. The first-order valence-electron chi connectivity index (χ1n) is 7.28. The molecular weight excluding hydrogens is 265 g/mol. The molecule has 0 aliphatic carbocycles. The van der Waals surface area contributed by atoms with E-state index >= 15 is 0 Å². The zero-order chi connectivity index (χ0) is 15.2. The number of furan rings is 1. The van der Waals surface area contributed by atoms with Crippen molar-refractivity contribution < 1.29 is 8.81 Å². The lowest BCUT2D eigenvalue weighted by atomic mass is 10.2. The van der Waals surface area contributed by atoms with Gasteiger partial charge in [-0.1, -0.05) is 19.4 Å². The van der Waals surface area contributed by atoms with Crippen molar-refractivity contribution in [2.24, 2.45) is 5.92 Å². The molecule has 1 heterocycles. The van der Waals surface area contributed by atoms with Crippen molar-refractivity contribution in [1.82, 2.24) is 5.32 Å². The van der Waals surface area contributed by atoms with Crippen LogP contribution in [0.4, 0.5) is 4.39 Å². The predicted molar refractivity (Wildman–Crippen MR) is 85.5 cm³/mol. The molecule has 1 N–H and O–H groups in total. The number of nitrogens with one attached hydrogen (secondary N) is 1. The third-order valence-corrected chi connectivity index (χ3v) is 3.10. The van der Waals surface area contributed by atoms with E-state index in [1.54, 1.807) is 12.1 Å². The van der Waals surface area contributed by atoms with Crippen LogP contribution in [-0.4, -0.2) is 13.1 Å². The zero-order valence-electron chi connectivity index (χ0n) is 12.8. The zero-order valence-corrected chi connectivity index (χ0v) is 12.8. The van der Waals surface area contributed by atoms with Crippen molar-refractivity contribution >= 4 is 6.08 Å². The maximum atomic E-state index is 12.9. The normalized spacial score (nSPS) is 12.1. The van der Waals surface area contributed by atoms with Gasteiger partial charge in [-0.3, -0.25) is 0 Å². The van der Waals surface area contributed by atoms with E-state index in [1.165, 1.54) is 17.7 Å². The van der Waals surface area contributed by atoms with E-state index in [-0.39, 0.29) is 5.82 Å². The molecule has 112 valence electrons. The summed E-state index contributed by atoms with van der Waals surface area (Å²) in [5, 5.41) is 3.40. The first-order chi connectivity index (χ1) is 10.0. The number of rotatable bonds is 6. The van der Waals surface area contributed by atoms with Gasteiger partial charge in [0.1, 0.15) is 17.3 Å². The fraction of sp³-hybridized carbons (Fsp3) is 0.333. The van der Waals surface area contributed by atoms with Gasteiger partial charge < -0.3 is 9.73 Å². The topological polar surface area (TPSA) is 25.2 Å². The van der Waals surface area contributed by atoms with E-state index in [9.17, 15) is 4.39 Å². The summed E-state index contributed by atoms with van der Waals surface area (Å²) in [4.78, 5) is 0. The minimum absolute atomic E-state index is 0.238. The van der Waals surface area contributed by atoms with Crippen LogP contribution in [0.15, 0.2) is 46.4 Å². The lowest BCUT2D eigenvalue weighted by Crippen LogP contribution is -2.21. The molecule has 0 fully saturated rings. The van der Waals surface area contributed by atoms with Crippen molar-refractivity contribution in [2.75, 3.05) is 13.1 Å². The average molecular weight is 287 g/mol. The van der Waals surface area contributed by atoms with Crippen LogP contribution in [-0.2, 0) is 0 Å². The van der Waals surface area contributed by atoms with Gasteiger partial charge in [0.2, 0.25) is 0 Å². The van der Waals surface area contributed by atoms with Crippen molar-refractivity contribution in [2.45, 2.75) is 20.8 Å². The Morgan fingerprint density at radius 2 is 1.90 bits per heavy atom. The molecule has 2 nitrogen and oxygen atoms in total. The Balaban J connectivity index is 2.00. The third kappa shape index (κ3) is 4.87. The molecule has 3 heteroatoms. The Labute approximate surface area is 125 Å². The fourth-order valence-corrected chi connectivity index (χ4v) is 2.05. The monoisotopic (exact) mass is 287 g/mol. The molecule has 1 aromatic carbocycles. The maximum Gasteiger partial charge on any atom is 0.134 e. The lowest BCUT2D eigenvalue weighted by molar-refractivity contribution is 0.565. The van der Waals surface area contributed by atoms with Crippen molar-refractivity contribution in [1.29, 1.82) is 0 Å². The largest absolute Gasteiger partial charge is 0.457 e. The summed E-state index contributed by atoms with van der Waals surface area (Å²) in [7, 11) is 0. The van der Waals surface area contributed by atoms with Crippen LogP contribution in [0.5, 0.6) is 0 Å². The molecular formula is C18H22FNO. The highest BCUT2D eigenvalue weighted by molar-refractivity contribution is 5.60. The maximum absolute atomic E-state index is 12.9. The Bertz CT molecular complexity index is 596. The van der Waals surface area contributed by atoms with Gasteiger partial charge in [-0.15, -0.1) is 0 Å². The summed E-state index contributed by atoms with van der Waals surface area (Å²) in [5.74, 6) is 1.98. The molecule has 0 spiro atoms. The van der Waals surface area contributed by atoms with Gasteiger partial charge in [-0.2, -0.15) is 0 Å². The van der Waals surface area contributed by atoms with Gasteiger partial charge in [0.25, 0.3) is 0 Å². The molecule has 0 bridgehead atoms. The summed E-state index contributed by atoms with van der Waals surface area (Å²) in [6.45, 7) is 8.31. The van der Waals surface area contributed by atoms with E-state index in [2.05, 4.69) is 26.1 Å². The lowest BCUT2D eigenvalue weighted by Gasteiger charge is -2.06. The van der Waals surface area contributed by atoms with E-state index < -0.39 is 0 Å². The highest BCUT2D eigenvalue weighted by atomic mass is 19.1. The Morgan fingerprint density at radius 3 is 2.57 bits per heavy atom. The molecule has 1 aromatic heterocycles. The van der Waals surface area contributed by atoms with Gasteiger partial charge >= 0.3 is 0 Å². The quantitative estimate of drug-likeness (QED) is 0.830. The van der Waals surface area contributed by atoms with Gasteiger partial charge in [0.05, 0.1) is 0 Å². The van der Waals surface area contributed by atoms with Crippen molar-refractivity contribution in [3.63, 3.8) is 0 Å². The Morgan fingerprint density at radius 1 is 1.19 bits per heavy atom. The summed E-state index contributed by atoms with van der Waals surface area (Å²) in [5.41, 5.74) is 2.10. The summed E-state index contributed by atoms with van der Waals surface area (Å²) in [6, 6.07) is 10.2. The highest BCUT2D eigenvalue weighted by Gasteiger charge is 2.04. The minimum atomic E-state index is -0.238. The standard InChI is InChI=1S/C18H22FNO/c1-13(2)11-20-12-14(3)10-17-8-9-18(21-17)15-4-6-16(19)7-5-15/h4-10,13,20H,11-12H2,1-3H3. The molecule has 0 atom stereocenters. The van der Waals surface area contributed by atoms with Gasteiger partial charge in [0, 0.05) is 12.1 Å². The van der Waals surface area contributed by atoms with Crippen molar-refractivity contribution in [3.05, 3.63) is 53.5 Å². The predicted octanol–water partition coefficient (Wildman–Crippen LogP) is 4.73. The van der Waals surface area contributed by atoms with Crippen LogP contribution in [0.1, 0.15) is 26.5 Å². The minimum Gasteiger partial charge on any atom is -0.457 e. The van der Waals surface area contributed by atoms with Gasteiger partial charge in [-0.05, 0) is 61.9 Å². The molecule has 0 amide bonds. The fourth-order valence-electron chi connectivity index (χ4n) is 2.05. The van der Waals surface area contributed by atoms with Crippen LogP contribution in [0.2, 0.25) is 0 Å². The number of halogens is 1. The van der Waals surface area contributed by atoms with E-state index in [1.807, 2.05) is 18.2 Å². The van der Waals surface area contributed by atoms with E-state index in [0.29, 0.717) is 5.92 Å².